The first-order chi connectivity index (χ1) is 12.2. The lowest BCUT2D eigenvalue weighted by Gasteiger charge is -2.23. The number of nitrogens with one attached hydrogen (secondary N) is 1. The van der Waals surface area contributed by atoms with E-state index in [0.717, 1.165) is 40.6 Å². The second-order valence-electron chi connectivity index (χ2n) is 6.44. The summed E-state index contributed by atoms with van der Waals surface area (Å²) in [6, 6.07) is 9.84. The monoisotopic (exact) mass is 372 g/mol. The summed E-state index contributed by atoms with van der Waals surface area (Å²) in [5.74, 6) is 0. The molecule has 0 aliphatic carbocycles. The fourth-order valence-electron chi connectivity index (χ4n) is 3.67. The lowest BCUT2D eigenvalue weighted by molar-refractivity contribution is -0.915. The van der Waals surface area contributed by atoms with Crippen molar-refractivity contribution < 1.29 is 4.90 Å². The molecule has 1 aliphatic rings. The van der Waals surface area contributed by atoms with Crippen molar-refractivity contribution in [3.05, 3.63) is 51.1 Å². The van der Waals surface area contributed by atoms with E-state index >= 15 is 0 Å². The van der Waals surface area contributed by atoms with Gasteiger partial charge in [-0.25, -0.2) is 4.98 Å². The van der Waals surface area contributed by atoms with Gasteiger partial charge in [0.25, 0.3) is 5.56 Å². The van der Waals surface area contributed by atoms with Crippen LogP contribution in [-0.4, -0.2) is 28.9 Å². The van der Waals surface area contributed by atoms with Gasteiger partial charge in [0.15, 0.2) is 5.16 Å². The summed E-state index contributed by atoms with van der Waals surface area (Å²) in [5.41, 5.74) is 2.21. The predicted octanol–water partition coefficient (Wildman–Crippen LogP) is 2.52. The van der Waals surface area contributed by atoms with Crippen molar-refractivity contribution in [2.24, 2.45) is 0 Å². The smallest absolute Gasteiger partial charge is 0.267 e. The van der Waals surface area contributed by atoms with Gasteiger partial charge >= 0.3 is 0 Å². The second kappa shape index (κ2) is 6.94. The number of benzene rings is 1. The summed E-state index contributed by atoms with van der Waals surface area (Å²) in [5, 5.41) is 1.61. The molecule has 2 aromatic heterocycles. The first-order valence-electron chi connectivity index (χ1n) is 8.73. The Morgan fingerprint density at radius 1 is 1.32 bits per heavy atom. The number of hydrogen-bond donors (Lipinski definition) is 1. The highest BCUT2D eigenvalue weighted by Gasteiger charge is 2.27. The van der Waals surface area contributed by atoms with E-state index in [2.05, 4.69) is 6.92 Å². The Balaban J connectivity index is 1.92. The number of para-hydroxylation sites is 1. The maximum atomic E-state index is 13.4. The first kappa shape index (κ1) is 16.8. The third-order valence-corrected chi connectivity index (χ3v) is 6.58. The van der Waals surface area contributed by atoms with E-state index in [1.807, 2.05) is 36.6 Å². The molecule has 0 spiro atoms. The van der Waals surface area contributed by atoms with Crippen LogP contribution in [0.1, 0.15) is 23.8 Å². The highest BCUT2D eigenvalue weighted by molar-refractivity contribution is 7.98. The minimum Gasteiger partial charge on any atom is -0.330 e. The summed E-state index contributed by atoms with van der Waals surface area (Å²) in [6.07, 6.45) is 4.16. The molecule has 3 aromatic rings. The molecule has 1 N–H and O–H groups in total. The molecule has 0 radical (unpaired) electrons. The molecule has 4 nitrogen and oxygen atoms in total. The van der Waals surface area contributed by atoms with E-state index in [-0.39, 0.29) is 5.56 Å². The van der Waals surface area contributed by atoms with Crippen molar-refractivity contribution in [1.29, 1.82) is 0 Å². The zero-order valence-electron chi connectivity index (χ0n) is 14.5. The van der Waals surface area contributed by atoms with Crippen molar-refractivity contribution in [2.75, 3.05) is 19.3 Å². The van der Waals surface area contributed by atoms with E-state index < -0.39 is 0 Å². The zero-order valence-corrected chi connectivity index (χ0v) is 16.2. The molecule has 3 heterocycles. The molecule has 1 unspecified atom stereocenters. The van der Waals surface area contributed by atoms with Crippen LogP contribution < -0.4 is 10.5 Å². The van der Waals surface area contributed by atoms with Gasteiger partial charge in [0.05, 0.1) is 29.0 Å². The van der Waals surface area contributed by atoms with Crippen LogP contribution >= 0.6 is 23.1 Å². The Kier molecular flexibility index (Phi) is 4.67. The van der Waals surface area contributed by atoms with Gasteiger partial charge < -0.3 is 4.90 Å². The molecule has 1 atom stereocenters. The van der Waals surface area contributed by atoms with Crippen molar-refractivity contribution >= 4 is 33.3 Å². The van der Waals surface area contributed by atoms with Gasteiger partial charge in [-0.05, 0) is 30.4 Å². The van der Waals surface area contributed by atoms with Crippen LogP contribution in [0.3, 0.4) is 0 Å². The quantitative estimate of drug-likeness (QED) is 0.565. The summed E-state index contributed by atoms with van der Waals surface area (Å²) >= 11 is 3.25. The van der Waals surface area contributed by atoms with Gasteiger partial charge in [-0.1, -0.05) is 36.9 Å². The van der Waals surface area contributed by atoms with Crippen LogP contribution in [0.2, 0.25) is 0 Å². The standard InChI is InChI=1S/C19H21N3OS2/c1-3-10-21-11-9-14-15(12-21)25-17-16(14)18(23)22(19(20-17)24-2)13-7-5-4-6-8-13/h4-8H,3,9-12H2,1-2H3/p+1. The molecule has 25 heavy (non-hydrogen) atoms. The largest absolute Gasteiger partial charge is 0.330 e. The zero-order chi connectivity index (χ0) is 17.4. The highest BCUT2D eigenvalue weighted by Crippen LogP contribution is 2.31. The van der Waals surface area contributed by atoms with Gasteiger partial charge in [0.1, 0.15) is 11.4 Å². The molecule has 1 aliphatic heterocycles. The fourth-order valence-corrected chi connectivity index (χ4v) is 5.56. The number of fused-ring (bicyclic) bond motifs is 3. The third kappa shape index (κ3) is 2.92. The predicted molar refractivity (Wildman–Crippen MR) is 105 cm³/mol. The fraction of sp³-hybridized carbons (Fsp3) is 0.368. The molecule has 130 valence electrons. The summed E-state index contributed by atoms with van der Waals surface area (Å²) < 4.78 is 1.77. The Hall–Kier alpha value is -1.63. The van der Waals surface area contributed by atoms with Crippen molar-refractivity contribution in [3.63, 3.8) is 0 Å². The number of thiophene rings is 1. The molecule has 4 rings (SSSR count). The lowest BCUT2D eigenvalue weighted by atomic mass is 10.1. The van der Waals surface area contributed by atoms with E-state index in [0.29, 0.717) is 0 Å². The number of aromatic nitrogens is 2. The number of quaternary nitrogens is 1. The number of thioether (sulfide) groups is 1. The number of rotatable bonds is 4. The maximum Gasteiger partial charge on any atom is 0.267 e. The maximum absolute atomic E-state index is 13.4. The summed E-state index contributed by atoms with van der Waals surface area (Å²) in [6.45, 7) is 5.58. The molecule has 6 heteroatoms. The molecule has 0 bridgehead atoms. The normalized spacial score (nSPS) is 17.0. The Morgan fingerprint density at radius 3 is 2.84 bits per heavy atom. The summed E-state index contributed by atoms with van der Waals surface area (Å²) in [4.78, 5) is 22.1. The number of hydrogen-bond acceptors (Lipinski definition) is 4. The molecule has 0 saturated carbocycles. The van der Waals surface area contributed by atoms with Crippen molar-refractivity contribution in [2.45, 2.75) is 31.5 Å². The lowest BCUT2D eigenvalue weighted by Crippen LogP contribution is -3.11. The van der Waals surface area contributed by atoms with Gasteiger partial charge in [-0.3, -0.25) is 9.36 Å². The van der Waals surface area contributed by atoms with E-state index in [9.17, 15) is 4.79 Å². The number of nitrogens with zero attached hydrogens (tertiary/aromatic N) is 2. The third-order valence-electron chi connectivity index (χ3n) is 4.82. The Bertz CT molecular complexity index is 962. The average Bonchev–Trinajstić information content (AvgIpc) is 3.00. The van der Waals surface area contributed by atoms with Gasteiger partial charge in [0, 0.05) is 6.42 Å². The SMILES string of the molecule is CCC[NH+]1CCc2c(sc3nc(SC)n(-c4ccccc4)c(=O)c23)C1. The second-order valence-corrected chi connectivity index (χ2v) is 8.29. The minimum absolute atomic E-state index is 0.0805. The molecular formula is C19H22N3OS2+. The molecular weight excluding hydrogens is 350 g/mol. The molecule has 1 aromatic carbocycles. The summed E-state index contributed by atoms with van der Waals surface area (Å²) in [7, 11) is 0. The van der Waals surface area contributed by atoms with Gasteiger partial charge in [0.2, 0.25) is 0 Å². The van der Waals surface area contributed by atoms with E-state index in [1.165, 1.54) is 35.2 Å². The Morgan fingerprint density at radius 2 is 2.12 bits per heavy atom. The van der Waals surface area contributed by atoms with Crippen LogP contribution in [0, 0.1) is 0 Å². The van der Waals surface area contributed by atoms with Crippen LogP contribution in [0.25, 0.3) is 15.9 Å². The highest BCUT2D eigenvalue weighted by atomic mass is 32.2. The topological polar surface area (TPSA) is 39.3 Å². The van der Waals surface area contributed by atoms with Crippen LogP contribution in [0.15, 0.2) is 40.3 Å². The first-order valence-corrected chi connectivity index (χ1v) is 10.8. The Labute approximate surface area is 155 Å². The van der Waals surface area contributed by atoms with Crippen LogP contribution in [-0.2, 0) is 13.0 Å². The minimum atomic E-state index is 0.0805. The molecule has 0 amide bonds. The van der Waals surface area contributed by atoms with E-state index in [4.69, 9.17) is 4.98 Å². The van der Waals surface area contributed by atoms with Gasteiger partial charge in [-0.2, -0.15) is 0 Å². The van der Waals surface area contributed by atoms with Crippen molar-refractivity contribution in [1.82, 2.24) is 9.55 Å². The molecule has 0 fully saturated rings. The van der Waals surface area contributed by atoms with Crippen molar-refractivity contribution in [3.8, 4) is 5.69 Å². The van der Waals surface area contributed by atoms with Gasteiger partial charge in [-0.15, -0.1) is 11.3 Å². The average molecular weight is 373 g/mol. The van der Waals surface area contributed by atoms with E-state index in [1.54, 1.807) is 20.8 Å². The van der Waals surface area contributed by atoms with Crippen LogP contribution in [0.5, 0.6) is 0 Å². The molecule has 0 saturated heterocycles. The van der Waals surface area contributed by atoms with Crippen LogP contribution in [0.4, 0.5) is 0 Å².